The quantitative estimate of drug-likeness (QED) is 0.311. The van der Waals surface area contributed by atoms with E-state index in [0.717, 1.165) is 27.5 Å². The van der Waals surface area contributed by atoms with E-state index in [1.54, 1.807) is 12.3 Å². The van der Waals surface area contributed by atoms with Gasteiger partial charge in [-0.15, -0.1) is 11.8 Å². The van der Waals surface area contributed by atoms with Gasteiger partial charge < -0.3 is 4.57 Å². The first-order valence-electron chi connectivity index (χ1n) is 8.59. The summed E-state index contributed by atoms with van der Waals surface area (Å²) in [5.74, 6) is 0.155. The summed E-state index contributed by atoms with van der Waals surface area (Å²) in [5.41, 5.74) is 6.36. The van der Waals surface area contributed by atoms with Crippen LogP contribution < -0.4 is 5.43 Å². The van der Waals surface area contributed by atoms with Crippen molar-refractivity contribution in [2.24, 2.45) is 5.10 Å². The highest BCUT2D eigenvalue weighted by atomic mass is 35.5. The van der Waals surface area contributed by atoms with Gasteiger partial charge in [0.2, 0.25) is 5.91 Å². The van der Waals surface area contributed by atoms with E-state index in [4.69, 9.17) is 23.2 Å². The average Bonchev–Trinajstić information content (AvgIpc) is 2.93. The van der Waals surface area contributed by atoms with Crippen molar-refractivity contribution in [3.8, 4) is 5.69 Å². The topological polar surface area (TPSA) is 46.4 Å². The number of carbonyl (C=O) groups is 1. The number of hydrogen-bond donors (Lipinski definition) is 1. The van der Waals surface area contributed by atoms with Crippen molar-refractivity contribution >= 4 is 47.1 Å². The third-order valence-corrected chi connectivity index (χ3v) is 5.53. The fraction of sp³-hybridized carbons (Fsp3) is 0.143. The lowest BCUT2D eigenvalue weighted by Crippen LogP contribution is -2.19. The van der Waals surface area contributed by atoms with Crippen LogP contribution in [0.3, 0.4) is 0 Å². The van der Waals surface area contributed by atoms with Crippen molar-refractivity contribution in [3.63, 3.8) is 0 Å². The summed E-state index contributed by atoms with van der Waals surface area (Å²) in [6.07, 6.45) is 1.65. The number of halogens is 2. The predicted molar refractivity (Wildman–Crippen MR) is 118 cm³/mol. The highest BCUT2D eigenvalue weighted by Crippen LogP contribution is 2.26. The van der Waals surface area contributed by atoms with E-state index in [9.17, 15) is 4.79 Å². The van der Waals surface area contributed by atoms with Crippen LogP contribution in [-0.2, 0) is 4.79 Å². The zero-order valence-electron chi connectivity index (χ0n) is 15.4. The Morgan fingerprint density at radius 2 is 1.79 bits per heavy atom. The molecule has 1 amide bonds. The Balaban J connectivity index is 1.67. The van der Waals surface area contributed by atoms with Crippen LogP contribution >= 0.6 is 35.0 Å². The maximum atomic E-state index is 12.0. The second-order valence-electron chi connectivity index (χ2n) is 6.18. The van der Waals surface area contributed by atoms with E-state index in [1.165, 1.54) is 11.8 Å². The molecule has 28 heavy (non-hydrogen) atoms. The van der Waals surface area contributed by atoms with Crippen LogP contribution in [-0.4, -0.2) is 22.4 Å². The molecule has 1 aromatic heterocycles. The van der Waals surface area contributed by atoms with Gasteiger partial charge in [0.05, 0.1) is 12.0 Å². The number of aryl methyl sites for hydroxylation is 1. The van der Waals surface area contributed by atoms with Crippen molar-refractivity contribution in [1.29, 1.82) is 0 Å². The summed E-state index contributed by atoms with van der Waals surface area (Å²) in [6.45, 7) is 3.98. The SMILES string of the molecule is Cc1cc(/C=N\NC(=O)CSc2ccccc2)c(C)n1-c1cc(Cl)cc(Cl)c1. The number of hydrazone groups is 1. The number of nitrogens with one attached hydrogen (secondary N) is 1. The number of carbonyl (C=O) groups excluding carboxylic acids is 1. The third-order valence-electron chi connectivity index (χ3n) is 4.08. The first-order valence-corrected chi connectivity index (χ1v) is 10.3. The Bertz CT molecular complexity index is 996. The molecule has 0 saturated heterocycles. The molecule has 3 aromatic rings. The summed E-state index contributed by atoms with van der Waals surface area (Å²) >= 11 is 13.7. The smallest absolute Gasteiger partial charge is 0.250 e. The molecule has 2 aromatic carbocycles. The van der Waals surface area contributed by atoms with Crippen LogP contribution in [0.4, 0.5) is 0 Å². The molecule has 0 radical (unpaired) electrons. The fourth-order valence-corrected chi connectivity index (χ4v) is 4.08. The maximum absolute atomic E-state index is 12.0. The molecular weight excluding hydrogens is 413 g/mol. The lowest BCUT2D eigenvalue weighted by Gasteiger charge is -2.10. The van der Waals surface area contributed by atoms with Crippen molar-refractivity contribution in [2.45, 2.75) is 18.7 Å². The van der Waals surface area contributed by atoms with E-state index < -0.39 is 0 Å². The van der Waals surface area contributed by atoms with E-state index in [1.807, 2.05) is 66.9 Å². The van der Waals surface area contributed by atoms with Crippen LogP contribution in [0, 0.1) is 13.8 Å². The highest BCUT2D eigenvalue weighted by Gasteiger charge is 2.11. The molecule has 4 nitrogen and oxygen atoms in total. The first kappa shape index (κ1) is 20.5. The standard InChI is InChI=1S/C21H19Cl2N3OS/c1-14-8-16(15(2)26(14)19-10-17(22)9-18(23)11-19)12-24-25-21(27)13-28-20-6-4-3-5-7-20/h3-12H,13H2,1-2H3,(H,25,27)/b24-12-. The highest BCUT2D eigenvalue weighted by molar-refractivity contribution is 8.00. The molecule has 3 rings (SSSR count). The minimum Gasteiger partial charge on any atom is -0.318 e. The van der Waals surface area contributed by atoms with E-state index in [0.29, 0.717) is 15.8 Å². The Kier molecular flexibility index (Phi) is 6.83. The number of rotatable bonds is 6. The maximum Gasteiger partial charge on any atom is 0.250 e. The monoisotopic (exact) mass is 431 g/mol. The summed E-state index contributed by atoms with van der Waals surface area (Å²) in [4.78, 5) is 13.0. The second kappa shape index (κ2) is 9.32. The zero-order chi connectivity index (χ0) is 20.1. The molecule has 0 atom stereocenters. The number of amides is 1. The lowest BCUT2D eigenvalue weighted by molar-refractivity contribution is -0.118. The van der Waals surface area contributed by atoms with Gasteiger partial charge in [-0.3, -0.25) is 4.79 Å². The van der Waals surface area contributed by atoms with Gasteiger partial charge in [-0.1, -0.05) is 41.4 Å². The molecule has 144 valence electrons. The summed E-state index contributed by atoms with van der Waals surface area (Å²) in [7, 11) is 0. The number of benzene rings is 2. The van der Waals surface area contributed by atoms with Crippen molar-refractivity contribution in [3.05, 3.63) is 81.6 Å². The van der Waals surface area contributed by atoms with Crippen LogP contribution in [0.1, 0.15) is 17.0 Å². The second-order valence-corrected chi connectivity index (χ2v) is 8.11. The van der Waals surface area contributed by atoms with Gasteiger partial charge in [0.1, 0.15) is 0 Å². The van der Waals surface area contributed by atoms with Gasteiger partial charge in [0.15, 0.2) is 0 Å². The molecule has 0 spiro atoms. The number of nitrogens with zero attached hydrogens (tertiary/aromatic N) is 2. The molecule has 0 bridgehead atoms. The average molecular weight is 432 g/mol. The molecule has 0 aliphatic heterocycles. The van der Waals surface area contributed by atoms with Gasteiger partial charge in [-0.2, -0.15) is 5.10 Å². The Morgan fingerprint density at radius 1 is 1.11 bits per heavy atom. The van der Waals surface area contributed by atoms with Crippen LogP contribution in [0.15, 0.2) is 64.6 Å². The Hall–Kier alpha value is -2.21. The van der Waals surface area contributed by atoms with E-state index >= 15 is 0 Å². The van der Waals surface area contributed by atoms with E-state index in [2.05, 4.69) is 10.5 Å². The molecule has 0 fully saturated rings. The van der Waals surface area contributed by atoms with Gasteiger partial charge in [-0.25, -0.2) is 5.43 Å². The minimum absolute atomic E-state index is 0.152. The molecular formula is C21H19Cl2N3OS. The van der Waals surface area contributed by atoms with Crippen molar-refractivity contribution in [2.75, 3.05) is 5.75 Å². The van der Waals surface area contributed by atoms with Crippen LogP contribution in [0.2, 0.25) is 10.0 Å². The molecule has 1 heterocycles. The fourth-order valence-electron chi connectivity index (χ4n) is 2.86. The van der Waals surface area contributed by atoms with Gasteiger partial charge in [-0.05, 0) is 50.2 Å². The van der Waals surface area contributed by atoms with Crippen molar-refractivity contribution in [1.82, 2.24) is 9.99 Å². The molecule has 1 N–H and O–H groups in total. The number of hydrogen-bond acceptors (Lipinski definition) is 3. The van der Waals surface area contributed by atoms with Gasteiger partial charge >= 0.3 is 0 Å². The van der Waals surface area contributed by atoms with Crippen molar-refractivity contribution < 1.29 is 4.79 Å². The predicted octanol–water partition coefficient (Wildman–Crippen LogP) is 5.64. The minimum atomic E-state index is -0.152. The summed E-state index contributed by atoms with van der Waals surface area (Å²) in [5, 5.41) is 5.25. The Morgan fingerprint density at radius 3 is 2.46 bits per heavy atom. The number of aromatic nitrogens is 1. The number of thioether (sulfide) groups is 1. The largest absolute Gasteiger partial charge is 0.318 e. The molecule has 0 aliphatic rings. The van der Waals surface area contributed by atoms with Gasteiger partial charge in [0.25, 0.3) is 0 Å². The summed E-state index contributed by atoms with van der Waals surface area (Å²) < 4.78 is 2.05. The molecule has 0 aliphatic carbocycles. The Labute approximate surface area is 178 Å². The third kappa shape index (κ3) is 5.19. The molecule has 0 unspecified atom stereocenters. The normalized spacial score (nSPS) is 11.1. The van der Waals surface area contributed by atoms with E-state index in [-0.39, 0.29) is 5.91 Å². The lowest BCUT2D eigenvalue weighted by atomic mass is 10.2. The molecule has 0 saturated carbocycles. The van der Waals surface area contributed by atoms with Crippen LogP contribution in [0.25, 0.3) is 5.69 Å². The van der Waals surface area contributed by atoms with Gasteiger partial charge in [0, 0.05) is 37.6 Å². The van der Waals surface area contributed by atoms with Crippen LogP contribution in [0.5, 0.6) is 0 Å². The summed E-state index contributed by atoms with van der Waals surface area (Å²) in [6, 6.07) is 17.2. The zero-order valence-corrected chi connectivity index (χ0v) is 17.8. The molecule has 7 heteroatoms. The first-order chi connectivity index (χ1) is 13.4.